The zero-order valence-electron chi connectivity index (χ0n) is 17.5. The van der Waals surface area contributed by atoms with Crippen LogP contribution in [0.4, 0.5) is 5.69 Å². The highest BCUT2D eigenvalue weighted by Gasteiger charge is 2.30. The van der Waals surface area contributed by atoms with Crippen LogP contribution >= 0.6 is 0 Å². The van der Waals surface area contributed by atoms with Crippen LogP contribution in [0.1, 0.15) is 34.0 Å². The number of hydrogen-bond donors (Lipinski definition) is 0. The van der Waals surface area contributed by atoms with Crippen molar-refractivity contribution in [2.75, 3.05) is 11.5 Å². The normalized spacial score (nSPS) is 14.6. The van der Waals surface area contributed by atoms with Gasteiger partial charge in [0, 0.05) is 11.3 Å². The monoisotopic (exact) mass is 409 g/mol. The van der Waals surface area contributed by atoms with Crippen molar-refractivity contribution in [3.63, 3.8) is 0 Å². The number of benzene rings is 3. The summed E-state index contributed by atoms with van der Waals surface area (Å²) in [6, 6.07) is 24.9. The number of amides is 1. The molecule has 0 N–H and O–H groups in total. The number of anilines is 1. The highest BCUT2D eigenvalue weighted by molar-refractivity contribution is 6.23. The lowest BCUT2D eigenvalue weighted by Crippen LogP contribution is -2.24. The van der Waals surface area contributed by atoms with Crippen molar-refractivity contribution in [2.45, 2.75) is 13.8 Å². The Morgan fingerprint density at radius 1 is 0.935 bits per heavy atom. The molecule has 0 atom stereocenters. The van der Waals surface area contributed by atoms with E-state index in [9.17, 15) is 9.59 Å². The van der Waals surface area contributed by atoms with Gasteiger partial charge < -0.3 is 4.74 Å². The van der Waals surface area contributed by atoms with Gasteiger partial charge in [0.2, 0.25) is 0 Å². The molecule has 0 spiro atoms. The molecular weight excluding hydrogens is 386 g/mol. The maximum absolute atomic E-state index is 13.4. The molecule has 0 bridgehead atoms. The molecule has 0 saturated heterocycles. The van der Waals surface area contributed by atoms with Gasteiger partial charge in [0.15, 0.2) is 0 Å². The Bertz CT molecular complexity index is 1160. The summed E-state index contributed by atoms with van der Waals surface area (Å²) in [5.41, 5.74) is 5.68. The highest BCUT2D eigenvalue weighted by Crippen LogP contribution is 2.35. The summed E-state index contributed by atoms with van der Waals surface area (Å²) in [6.45, 7) is 4.13. The third kappa shape index (κ3) is 4.33. The van der Waals surface area contributed by atoms with E-state index in [0.717, 1.165) is 28.1 Å². The standard InChI is InChI=1S/C27H23NO3/c1-3-31-27(30)22-13-11-20(12-14-22)17-23-18-25(21-7-5-4-6-8-21)28(26(23)29)24-15-9-19(2)10-16-24/h4-18H,3H2,1-2H3/b23-17-. The summed E-state index contributed by atoms with van der Waals surface area (Å²) < 4.78 is 5.03. The Hall–Kier alpha value is -3.92. The second kappa shape index (κ2) is 8.84. The molecule has 0 unspecified atom stereocenters. The quantitative estimate of drug-likeness (QED) is 0.404. The predicted molar refractivity (Wildman–Crippen MR) is 123 cm³/mol. The van der Waals surface area contributed by atoms with E-state index in [2.05, 4.69) is 0 Å². The van der Waals surface area contributed by atoms with Crippen molar-refractivity contribution < 1.29 is 14.3 Å². The Balaban J connectivity index is 1.71. The molecule has 0 radical (unpaired) electrons. The number of rotatable bonds is 5. The number of carbonyl (C=O) groups excluding carboxylic acids is 2. The average Bonchev–Trinajstić information content (AvgIpc) is 3.11. The zero-order chi connectivity index (χ0) is 21.8. The molecule has 4 rings (SSSR count). The van der Waals surface area contributed by atoms with Gasteiger partial charge in [0.25, 0.3) is 5.91 Å². The second-order valence-electron chi connectivity index (χ2n) is 7.31. The first-order valence-corrected chi connectivity index (χ1v) is 10.2. The molecule has 3 aromatic carbocycles. The first-order valence-electron chi connectivity index (χ1n) is 10.2. The van der Waals surface area contributed by atoms with Crippen LogP contribution in [0.3, 0.4) is 0 Å². The predicted octanol–water partition coefficient (Wildman–Crippen LogP) is 5.64. The van der Waals surface area contributed by atoms with Crippen LogP contribution in [0, 0.1) is 6.92 Å². The molecule has 31 heavy (non-hydrogen) atoms. The Morgan fingerprint density at radius 3 is 2.26 bits per heavy atom. The SMILES string of the molecule is CCOC(=O)c1ccc(/C=C2/C=C(c3ccccc3)N(c3ccc(C)cc3)C2=O)cc1. The van der Waals surface area contributed by atoms with Crippen molar-refractivity contribution >= 4 is 29.3 Å². The molecular formula is C27H23NO3. The first-order chi connectivity index (χ1) is 15.1. The van der Waals surface area contributed by atoms with E-state index in [1.54, 1.807) is 24.0 Å². The molecule has 3 aromatic rings. The molecule has 1 heterocycles. The summed E-state index contributed by atoms with van der Waals surface area (Å²) in [4.78, 5) is 27.0. The smallest absolute Gasteiger partial charge is 0.338 e. The minimum atomic E-state index is -0.351. The fourth-order valence-electron chi connectivity index (χ4n) is 3.50. The molecule has 0 aromatic heterocycles. The maximum Gasteiger partial charge on any atom is 0.338 e. The van der Waals surface area contributed by atoms with E-state index in [1.165, 1.54) is 0 Å². The first kappa shape index (κ1) is 20.4. The number of nitrogens with zero attached hydrogens (tertiary/aromatic N) is 1. The van der Waals surface area contributed by atoms with Crippen LogP contribution in [-0.2, 0) is 9.53 Å². The molecule has 1 amide bonds. The van der Waals surface area contributed by atoms with Gasteiger partial charge in [-0.3, -0.25) is 9.69 Å². The van der Waals surface area contributed by atoms with Gasteiger partial charge in [-0.05, 0) is 61.4 Å². The fraction of sp³-hybridized carbons (Fsp3) is 0.111. The summed E-state index contributed by atoms with van der Waals surface area (Å²) >= 11 is 0. The van der Waals surface area contributed by atoms with Gasteiger partial charge >= 0.3 is 5.97 Å². The van der Waals surface area contributed by atoms with E-state index in [4.69, 9.17) is 4.74 Å². The van der Waals surface area contributed by atoms with Crippen LogP contribution in [-0.4, -0.2) is 18.5 Å². The minimum Gasteiger partial charge on any atom is -0.462 e. The third-order valence-electron chi connectivity index (χ3n) is 5.09. The van der Waals surface area contributed by atoms with Crippen molar-refractivity contribution in [3.8, 4) is 0 Å². The Morgan fingerprint density at radius 2 is 1.61 bits per heavy atom. The lowest BCUT2D eigenvalue weighted by Gasteiger charge is -2.21. The number of hydrogen-bond acceptors (Lipinski definition) is 3. The lowest BCUT2D eigenvalue weighted by atomic mass is 10.1. The van der Waals surface area contributed by atoms with Crippen LogP contribution in [0.15, 0.2) is 90.5 Å². The highest BCUT2D eigenvalue weighted by atomic mass is 16.5. The van der Waals surface area contributed by atoms with E-state index < -0.39 is 0 Å². The van der Waals surface area contributed by atoms with E-state index in [1.807, 2.05) is 85.8 Å². The molecule has 154 valence electrons. The lowest BCUT2D eigenvalue weighted by molar-refractivity contribution is -0.113. The van der Waals surface area contributed by atoms with E-state index in [0.29, 0.717) is 17.7 Å². The fourth-order valence-corrected chi connectivity index (χ4v) is 3.50. The summed E-state index contributed by atoms with van der Waals surface area (Å²) in [5, 5.41) is 0. The second-order valence-corrected chi connectivity index (χ2v) is 7.31. The molecule has 4 heteroatoms. The van der Waals surface area contributed by atoms with Gasteiger partial charge in [-0.25, -0.2) is 4.79 Å². The van der Waals surface area contributed by atoms with Crippen LogP contribution in [0.2, 0.25) is 0 Å². The van der Waals surface area contributed by atoms with Gasteiger partial charge in [-0.15, -0.1) is 0 Å². The van der Waals surface area contributed by atoms with Gasteiger partial charge in [0.05, 0.1) is 17.9 Å². The topological polar surface area (TPSA) is 46.6 Å². The van der Waals surface area contributed by atoms with Crippen molar-refractivity contribution in [3.05, 3.63) is 113 Å². The molecule has 0 saturated carbocycles. The minimum absolute atomic E-state index is 0.0859. The number of ether oxygens (including phenoxy) is 1. The maximum atomic E-state index is 13.4. The Labute approximate surface area is 182 Å². The average molecular weight is 409 g/mol. The van der Waals surface area contributed by atoms with E-state index in [-0.39, 0.29) is 11.9 Å². The van der Waals surface area contributed by atoms with Crippen LogP contribution in [0.5, 0.6) is 0 Å². The number of carbonyl (C=O) groups is 2. The van der Waals surface area contributed by atoms with Gasteiger partial charge in [-0.1, -0.05) is 60.2 Å². The van der Waals surface area contributed by atoms with Gasteiger partial charge in [-0.2, -0.15) is 0 Å². The van der Waals surface area contributed by atoms with Crippen LogP contribution in [0.25, 0.3) is 11.8 Å². The molecule has 1 aliphatic rings. The zero-order valence-corrected chi connectivity index (χ0v) is 17.5. The van der Waals surface area contributed by atoms with E-state index >= 15 is 0 Å². The number of esters is 1. The van der Waals surface area contributed by atoms with Crippen molar-refractivity contribution in [2.24, 2.45) is 0 Å². The number of aryl methyl sites for hydroxylation is 1. The summed E-state index contributed by atoms with van der Waals surface area (Å²) in [6.07, 6.45) is 3.76. The summed E-state index contributed by atoms with van der Waals surface area (Å²) in [5.74, 6) is -0.437. The van der Waals surface area contributed by atoms with Crippen LogP contribution < -0.4 is 4.90 Å². The Kier molecular flexibility index (Phi) is 5.80. The third-order valence-corrected chi connectivity index (χ3v) is 5.09. The molecule has 0 aliphatic carbocycles. The van der Waals surface area contributed by atoms with Gasteiger partial charge in [0.1, 0.15) is 0 Å². The molecule has 1 aliphatic heterocycles. The summed E-state index contributed by atoms with van der Waals surface area (Å²) in [7, 11) is 0. The molecule has 0 fully saturated rings. The largest absolute Gasteiger partial charge is 0.462 e. The molecule has 4 nitrogen and oxygen atoms in total. The van der Waals surface area contributed by atoms with Crippen molar-refractivity contribution in [1.82, 2.24) is 0 Å². The van der Waals surface area contributed by atoms with Crippen molar-refractivity contribution in [1.29, 1.82) is 0 Å².